The monoisotopic (exact) mass is 331 g/mol. The van der Waals surface area contributed by atoms with Gasteiger partial charge < -0.3 is 10.1 Å². The lowest BCUT2D eigenvalue weighted by Gasteiger charge is -2.12. The summed E-state index contributed by atoms with van der Waals surface area (Å²) in [6.07, 6.45) is 3.54. The number of thiazole rings is 1. The van der Waals surface area contributed by atoms with Crippen LogP contribution in [-0.2, 0) is 13.2 Å². The number of hydrogen-bond donors (Lipinski definition) is 1. The van der Waals surface area contributed by atoms with Crippen molar-refractivity contribution >= 4 is 28.6 Å². The van der Waals surface area contributed by atoms with Crippen LogP contribution in [0, 0.1) is 0 Å². The summed E-state index contributed by atoms with van der Waals surface area (Å²) in [4.78, 5) is 9.36. The molecule has 0 fully saturated rings. The van der Waals surface area contributed by atoms with Crippen molar-refractivity contribution in [2.75, 3.05) is 5.32 Å². The standard InChI is InChI=1S/C16H14ClN3OS/c17-16-20-10-13(22-16)9-19-14-6-1-2-7-15(14)21-11-12-5-3-4-8-18-12/h1-8,10,19H,9,11H2. The maximum absolute atomic E-state index is 5.85. The molecule has 0 bridgehead atoms. The van der Waals surface area contributed by atoms with Crippen molar-refractivity contribution in [2.45, 2.75) is 13.2 Å². The number of para-hydroxylation sites is 2. The van der Waals surface area contributed by atoms with E-state index in [2.05, 4.69) is 15.3 Å². The molecule has 22 heavy (non-hydrogen) atoms. The molecular weight excluding hydrogens is 318 g/mol. The molecule has 2 heterocycles. The topological polar surface area (TPSA) is 47.0 Å². The van der Waals surface area contributed by atoms with Crippen molar-refractivity contribution in [3.63, 3.8) is 0 Å². The lowest BCUT2D eigenvalue weighted by atomic mass is 10.3. The first-order valence-electron chi connectivity index (χ1n) is 6.77. The minimum absolute atomic E-state index is 0.436. The van der Waals surface area contributed by atoms with Crippen molar-refractivity contribution in [3.05, 3.63) is 69.9 Å². The Bertz CT molecular complexity index is 733. The molecule has 3 aromatic rings. The van der Waals surface area contributed by atoms with Crippen LogP contribution in [0.3, 0.4) is 0 Å². The molecule has 0 amide bonds. The Morgan fingerprint density at radius 3 is 2.73 bits per heavy atom. The molecule has 1 aromatic carbocycles. The van der Waals surface area contributed by atoms with Gasteiger partial charge in [-0.05, 0) is 24.3 Å². The third kappa shape index (κ3) is 3.96. The van der Waals surface area contributed by atoms with Crippen molar-refractivity contribution < 1.29 is 4.74 Å². The zero-order chi connectivity index (χ0) is 15.2. The minimum atomic E-state index is 0.436. The molecule has 0 saturated heterocycles. The third-order valence-electron chi connectivity index (χ3n) is 2.97. The predicted molar refractivity (Wildman–Crippen MR) is 89.5 cm³/mol. The number of nitrogens with one attached hydrogen (secondary N) is 1. The van der Waals surface area contributed by atoms with E-state index in [-0.39, 0.29) is 0 Å². The van der Waals surface area contributed by atoms with Crippen LogP contribution in [0.2, 0.25) is 4.47 Å². The predicted octanol–water partition coefficient (Wildman–Crippen LogP) is 4.38. The van der Waals surface area contributed by atoms with E-state index in [1.807, 2.05) is 42.5 Å². The molecule has 0 aliphatic rings. The third-order valence-corrected chi connectivity index (χ3v) is 4.08. The number of ether oxygens (including phenoxy) is 1. The van der Waals surface area contributed by atoms with Gasteiger partial charge in [-0.1, -0.05) is 29.8 Å². The Hall–Kier alpha value is -2.11. The van der Waals surface area contributed by atoms with Gasteiger partial charge in [-0.2, -0.15) is 0 Å². The number of pyridine rings is 1. The molecule has 0 spiro atoms. The molecule has 6 heteroatoms. The number of rotatable bonds is 6. The van der Waals surface area contributed by atoms with Crippen LogP contribution in [-0.4, -0.2) is 9.97 Å². The molecule has 0 atom stereocenters. The van der Waals surface area contributed by atoms with Gasteiger partial charge in [0.2, 0.25) is 0 Å². The Morgan fingerprint density at radius 2 is 1.95 bits per heavy atom. The van der Waals surface area contributed by atoms with Crippen LogP contribution in [0.15, 0.2) is 54.9 Å². The zero-order valence-corrected chi connectivity index (χ0v) is 13.3. The van der Waals surface area contributed by atoms with E-state index in [9.17, 15) is 0 Å². The summed E-state index contributed by atoms with van der Waals surface area (Å²) in [5.74, 6) is 0.795. The second-order valence-corrected chi connectivity index (χ2v) is 6.24. The summed E-state index contributed by atoms with van der Waals surface area (Å²) >= 11 is 7.30. The highest BCUT2D eigenvalue weighted by molar-refractivity contribution is 7.15. The summed E-state index contributed by atoms with van der Waals surface area (Å²) in [6.45, 7) is 1.10. The summed E-state index contributed by atoms with van der Waals surface area (Å²) in [5, 5.41) is 3.35. The van der Waals surface area contributed by atoms with E-state index in [1.54, 1.807) is 12.4 Å². The summed E-state index contributed by atoms with van der Waals surface area (Å²) < 4.78 is 6.41. The van der Waals surface area contributed by atoms with E-state index in [1.165, 1.54) is 11.3 Å². The number of nitrogens with zero attached hydrogens (tertiary/aromatic N) is 2. The maximum atomic E-state index is 5.85. The average molecular weight is 332 g/mol. The quantitative estimate of drug-likeness (QED) is 0.728. The molecular formula is C16H14ClN3OS. The minimum Gasteiger partial charge on any atom is -0.485 e. The van der Waals surface area contributed by atoms with Gasteiger partial charge in [-0.15, -0.1) is 11.3 Å². The van der Waals surface area contributed by atoms with Gasteiger partial charge in [0.15, 0.2) is 4.47 Å². The molecule has 2 aromatic heterocycles. The highest BCUT2D eigenvalue weighted by atomic mass is 35.5. The molecule has 0 aliphatic carbocycles. The van der Waals surface area contributed by atoms with Crippen molar-refractivity contribution in [2.24, 2.45) is 0 Å². The number of benzene rings is 1. The Labute approximate surface area is 137 Å². The lowest BCUT2D eigenvalue weighted by molar-refractivity contribution is 0.302. The van der Waals surface area contributed by atoms with E-state index >= 15 is 0 Å². The smallest absolute Gasteiger partial charge is 0.183 e. The lowest BCUT2D eigenvalue weighted by Crippen LogP contribution is -2.03. The summed E-state index contributed by atoms with van der Waals surface area (Å²) in [5.41, 5.74) is 1.83. The molecule has 0 radical (unpaired) electrons. The Balaban J connectivity index is 1.64. The molecule has 4 nitrogen and oxygen atoms in total. The first-order valence-corrected chi connectivity index (χ1v) is 7.96. The van der Waals surface area contributed by atoms with Crippen LogP contribution in [0.5, 0.6) is 5.75 Å². The van der Waals surface area contributed by atoms with Crippen LogP contribution in [0.1, 0.15) is 10.6 Å². The fraction of sp³-hybridized carbons (Fsp3) is 0.125. The van der Waals surface area contributed by atoms with Crippen molar-refractivity contribution in [1.29, 1.82) is 0 Å². The van der Waals surface area contributed by atoms with Gasteiger partial charge in [-0.3, -0.25) is 4.98 Å². The molecule has 1 N–H and O–H groups in total. The number of halogens is 1. The maximum Gasteiger partial charge on any atom is 0.183 e. The van der Waals surface area contributed by atoms with Gasteiger partial charge in [0.05, 0.1) is 17.9 Å². The fourth-order valence-corrected chi connectivity index (χ4v) is 2.84. The number of hydrogen-bond acceptors (Lipinski definition) is 5. The van der Waals surface area contributed by atoms with Gasteiger partial charge in [0.1, 0.15) is 12.4 Å². The van der Waals surface area contributed by atoms with Crippen molar-refractivity contribution in [3.8, 4) is 5.75 Å². The Morgan fingerprint density at radius 1 is 1.09 bits per heavy atom. The highest BCUT2D eigenvalue weighted by Crippen LogP contribution is 2.26. The van der Waals surface area contributed by atoms with E-state index in [0.29, 0.717) is 17.6 Å². The van der Waals surface area contributed by atoms with Crippen LogP contribution in [0.25, 0.3) is 0 Å². The summed E-state index contributed by atoms with van der Waals surface area (Å²) in [6, 6.07) is 13.6. The molecule has 3 rings (SSSR count). The highest BCUT2D eigenvalue weighted by Gasteiger charge is 2.05. The van der Waals surface area contributed by atoms with Crippen molar-refractivity contribution in [1.82, 2.24) is 9.97 Å². The fourth-order valence-electron chi connectivity index (χ4n) is 1.92. The van der Waals surface area contributed by atoms with Crippen LogP contribution < -0.4 is 10.1 Å². The molecule has 112 valence electrons. The zero-order valence-electron chi connectivity index (χ0n) is 11.7. The average Bonchev–Trinajstić information content (AvgIpc) is 2.98. The molecule has 0 unspecified atom stereocenters. The molecule has 0 saturated carbocycles. The second-order valence-electron chi connectivity index (χ2n) is 4.54. The Kier molecular flexibility index (Phi) is 4.88. The molecule has 0 aliphatic heterocycles. The first-order chi connectivity index (χ1) is 10.8. The van der Waals surface area contributed by atoms with Gasteiger partial charge >= 0.3 is 0 Å². The van der Waals surface area contributed by atoms with Crippen LogP contribution in [0.4, 0.5) is 5.69 Å². The van der Waals surface area contributed by atoms with E-state index in [0.717, 1.165) is 22.0 Å². The van der Waals surface area contributed by atoms with E-state index < -0.39 is 0 Å². The SMILES string of the molecule is Clc1ncc(CNc2ccccc2OCc2ccccn2)s1. The number of aromatic nitrogens is 2. The number of anilines is 1. The van der Waals surface area contributed by atoms with E-state index in [4.69, 9.17) is 16.3 Å². The summed E-state index contributed by atoms with van der Waals surface area (Å²) in [7, 11) is 0. The van der Waals surface area contributed by atoms with Gasteiger partial charge in [-0.25, -0.2) is 4.98 Å². The van der Waals surface area contributed by atoms with Crippen LogP contribution >= 0.6 is 22.9 Å². The normalized spacial score (nSPS) is 10.4. The largest absolute Gasteiger partial charge is 0.485 e. The van der Waals surface area contributed by atoms with Gasteiger partial charge in [0.25, 0.3) is 0 Å². The first kappa shape index (κ1) is 14.8. The van der Waals surface area contributed by atoms with Gasteiger partial charge in [0, 0.05) is 17.3 Å². The second kappa shape index (κ2) is 7.24.